The molecule has 1 heterocycles. The first kappa shape index (κ1) is 16.1. The lowest BCUT2D eigenvalue weighted by molar-refractivity contribution is -0.132. The molecule has 0 aliphatic carbocycles. The summed E-state index contributed by atoms with van der Waals surface area (Å²) in [6.45, 7) is 2.24. The zero-order valence-corrected chi connectivity index (χ0v) is 12.1. The molecule has 6 heteroatoms. The number of nitrogens with two attached hydrogens (primary N) is 1. The molecule has 2 rings (SSSR count). The van der Waals surface area contributed by atoms with Gasteiger partial charge in [0, 0.05) is 18.1 Å². The molecule has 1 amide bonds. The van der Waals surface area contributed by atoms with Crippen molar-refractivity contribution in [2.45, 2.75) is 6.42 Å². The third kappa shape index (κ3) is 4.56. The van der Waals surface area contributed by atoms with Crippen LogP contribution < -0.4 is 10.5 Å². The molecule has 0 spiro atoms. The number of amides is 1. The second-order valence-corrected chi connectivity index (χ2v) is 4.91. The molecule has 106 valence electrons. The average molecular weight is 305 g/mol. The smallest absolute Gasteiger partial charge is 0.260 e. The molecular weight excluding hydrogens is 287 g/mol. The summed E-state index contributed by atoms with van der Waals surface area (Å²) in [6, 6.07) is 6.98. The first-order valence-corrected chi connectivity index (χ1v) is 6.43. The van der Waals surface area contributed by atoms with Gasteiger partial charge in [0.05, 0.1) is 0 Å². The second-order valence-electron chi connectivity index (χ2n) is 4.47. The number of hydrogen-bond acceptors (Lipinski definition) is 3. The fourth-order valence-electron chi connectivity index (χ4n) is 2.02. The predicted octanol–water partition coefficient (Wildman–Crippen LogP) is 1.95. The van der Waals surface area contributed by atoms with E-state index in [4.69, 9.17) is 22.1 Å². The molecule has 2 N–H and O–H groups in total. The number of halogens is 2. The molecule has 1 fully saturated rings. The van der Waals surface area contributed by atoms with E-state index in [0.717, 1.165) is 19.5 Å². The van der Waals surface area contributed by atoms with Crippen LogP contribution in [0.15, 0.2) is 24.3 Å². The molecular formula is C13H18Cl2N2O2. The van der Waals surface area contributed by atoms with Crippen molar-refractivity contribution in [2.24, 2.45) is 11.7 Å². The van der Waals surface area contributed by atoms with E-state index in [0.29, 0.717) is 23.2 Å². The Bertz CT molecular complexity index is 412. The molecule has 19 heavy (non-hydrogen) atoms. The molecule has 1 atom stereocenters. The molecule has 0 radical (unpaired) electrons. The van der Waals surface area contributed by atoms with E-state index in [1.54, 1.807) is 24.3 Å². The van der Waals surface area contributed by atoms with Gasteiger partial charge in [-0.2, -0.15) is 0 Å². The maximum atomic E-state index is 11.9. The average Bonchev–Trinajstić information content (AvgIpc) is 2.86. The highest BCUT2D eigenvalue weighted by atomic mass is 35.5. The van der Waals surface area contributed by atoms with Crippen LogP contribution in [0.5, 0.6) is 5.75 Å². The van der Waals surface area contributed by atoms with Crippen molar-refractivity contribution >= 4 is 29.9 Å². The van der Waals surface area contributed by atoms with Gasteiger partial charge in [0.25, 0.3) is 5.91 Å². The quantitative estimate of drug-likeness (QED) is 0.925. The molecule has 1 aromatic carbocycles. The third-order valence-corrected chi connectivity index (χ3v) is 3.40. The number of rotatable bonds is 4. The molecule has 1 aliphatic heterocycles. The van der Waals surface area contributed by atoms with Crippen LogP contribution in [0.3, 0.4) is 0 Å². The van der Waals surface area contributed by atoms with Crippen LogP contribution in [0.25, 0.3) is 0 Å². The van der Waals surface area contributed by atoms with Gasteiger partial charge in [-0.1, -0.05) is 11.6 Å². The van der Waals surface area contributed by atoms with Gasteiger partial charge >= 0.3 is 0 Å². The predicted molar refractivity (Wildman–Crippen MR) is 77.9 cm³/mol. The summed E-state index contributed by atoms with van der Waals surface area (Å²) < 4.78 is 5.42. The van der Waals surface area contributed by atoms with Crippen molar-refractivity contribution in [3.8, 4) is 5.75 Å². The van der Waals surface area contributed by atoms with Gasteiger partial charge < -0.3 is 15.4 Å². The molecule has 1 aliphatic rings. The zero-order chi connectivity index (χ0) is 13.0. The van der Waals surface area contributed by atoms with Gasteiger partial charge in [-0.3, -0.25) is 4.79 Å². The highest BCUT2D eigenvalue weighted by molar-refractivity contribution is 6.30. The lowest BCUT2D eigenvalue weighted by Crippen LogP contribution is -2.33. The van der Waals surface area contributed by atoms with Crippen molar-refractivity contribution in [1.29, 1.82) is 0 Å². The molecule has 0 aromatic heterocycles. The molecule has 4 nitrogen and oxygen atoms in total. The first-order valence-electron chi connectivity index (χ1n) is 6.05. The van der Waals surface area contributed by atoms with Crippen LogP contribution in [0.2, 0.25) is 5.02 Å². The largest absolute Gasteiger partial charge is 0.484 e. The normalized spacial score (nSPS) is 18.0. The maximum absolute atomic E-state index is 11.9. The summed E-state index contributed by atoms with van der Waals surface area (Å²) in [4.78, 5) is 13.7. The summed E-state index contributed by atoms with van der Waals surface area (Å²) in [6.07, 6.45) is 0.989. The number of nitrogens with zero attached hydrogens (tertiary/aromatic N) is 1. The number of carbonyl (C=O) groups is 1. The van der Waals surface area contributed by atoms with E-state index in [1.807, 2.05) is 4.90 Å². The SMILES string of the molecule is Cl.NCC1CCN(C(=O)COc2ccc(Cl)cc2)C1. The first-order chi connectivity index (χ1) is 8.69. The van der Waals surface area contributed by atoms with Crippen molar-refractivity contribution in [1.82, 2.24) is 4.90 Å². The second kappa shape index (κ2) is 7.58. The molecule has 0 saturated carbocycles. The van der Waals surface area contributed by atoms with Crippen molar-refractivity contribution < 1.29 is 9.53 Å². The maximum Gasteiger partial charge on any atom is 0.260 e. The number of likely N-dealkylation sites (tertiary alicyclic amines) is 1. The number of benzene rings is 1. The van der Waals surface area contributed by atoms with Gasteiger partial charge in [-0.15, -0.1) is 12.4 Å². The van der Waals surface area contributed by atoms with E-state index >= 15 is 0 Å². The molecule has 1 unspecified atom stereocenters. The van der Waals surface area contributed by atoms with Crippen LogP contribution in [0, 0.1) is 5.92 Å². The Balaban J connectivity index is 0.00000180. The van der Waals surface area contributed by atoms with E-state index in [-0.39, 0.29) is 24.9 Å². The van der Waals surface area contributed by atoms with E-state index in [1.165, 1.54) is 0 Å². The van der Waals surface area contributed by atoms with Gasteiger partial charge in [0.1, 0.15) is 5.75 Å². The van der Waals surface area contributed by atoms with E-state index in [2.05, 4.69) is 0 Å². The monoisotopic (exact) mass is 304 g/mol. The Hall–Kier alpha value is -0.970. The van der Waals surface area contributed by atoms with Crippen LogP contribution in [-0.2, 0) is 4.79 Å². The number of hydrogen-bond donors (Lipinski definition) is 1. The van der Waals surface area contributed by atoms with Crippen LogP contribution in [0.4, 0.5) is 0 Å². The lowest BCUT2D eigenvalue weighted by atomic mass is 10.1. The standard InChI is InChI=1S/C13H17ClN2O2.ClH/c14-11-1-3-12(4-2-11)18-9-13(17)16-6-5-10(7-15)8-16;/h1-4,10H,5-9,15H2;1H. The number of carbonyl (C=O) groups excluding carboxylic acids is 1. The summed E-state index contributed by atoms with van der Waals surface area (Å²) >= 11 is 5.77. The van der Waals surface area contributed by atoms with Crippen molar-refractivity contribution in [2.75, 3.05) is 26.2 Å². The Morgan fingerprint density at radius 1 is 1.42 bits per heavy atom. The van der Waals surface area contributed by atoms with Crippen LogP contribution >= 0.6 is 24.0 Å². The zero-order valence-electron chi connectivity index (χ0n) is 10.5. The fourth-order valence-corrected chi connectivity index (χ4v) is 2.14. The number of ether oxygens (including phenoxy) is 1. The topological polar surface area (TPSA) is 55.6 Å². The Kier molecular flexibility index (Phi) is 6.42. The summed E-state index contributed by atoms with van der Waals surface area (Å²) in [5.41, 5.74) is 5.59. The van der Waals surface area contributed by atoms with Gasteiger partial charge in [-0.25, -0.2) is 0 Å². The lowest BCUT2D eigenvalue weighted by Gasteiger charge is -2.16. The highest BCUT2D eigenvalue weighted by Crippen LogP contribution is 2.17. The molecule has 0 bridgehead atoms. The van der Waals surface area contributed by atoms with Crippen LogP contribution in [-0.4, -0.2) is 37.0 Å². The molecule has 1 aromatic rings. The van der Waals surface area contributed by atoms with Crippen molar-refractivity contribution in [3.63, 3.8) is 0 Å². The summed E-state index contributed by atoms with van der Waals surface area (Å²) in [7, 11) is 0. The van der Waals surface area contributed by atoms with Gasteiger partial charge in [0.2, 0.25) is 0 Å². The minimum absolute atomic E-state index is 0. The summed E-state index contributed by atoms with van der Waals surface area (Å²) in [5, 5.41) is 0.652. The highest BCUT2D eigenvalue weighted by Gasteiger charge is 2.25. The van der Waals surface area contributed by atoms with Crippen molar-refractivity contribution in [3.05, 3.63) is 29.3 Å². The molecule has 1 saturated heterocycles. The Morgan fingerprint density at radius 3 is 2.68 bits per heavy atom. The van der Waals surface area contributed by atoms with Gasteiger partial charge in [-0.05, 0) is 43.1 Å². The minimum atomic E-state index is 0. The summed E-state index contributed by atoms with van der Waals surface area (Å²) in [5.74, 6) is 1.10. The van der Waals surface area contributed by atoms with Crippen LogP contribution in [0.1, 0.15) is 6.42 Å². The van der Waals surface area contributed by atoms with E-state index in [9.17, 15) is 4.79 Å². The Morgan fingerprint density at radius 2 is 2.11 bits per heavy atom. The third-order valence-electron chi connectivity index (χ3n) is 3.15. The minimum Gasteiger partial charge on any atom is -0.484 e. The van der Waals surface area contributed by atoms with Gasteiger partial charge in [0.15, 0.2) is 6.61 Å². The van der Waals surface area contributed by atoms with E-state index < -0.39 is 0 Å². The Labute approximate surface area is 124 Å². The fraction of sp³-hybridized carbons (Fsp3) is 0.462.